The van der Waals surface area contributed by atoms with Crippen LogP contribution in [0.15, 0.2) is 70.2 Å². The van der Waals surface area contributed by atoms with Gasteiger partial charge in [-0.25, -0.2) is 13.8 Å². The van der Waals surface area contributed by atoms with Gasteiger partial charge in [0.15, 0.2) is 11.5 Å². The number of ether oxygens (including phenoxy) is 2. The van der Waals surface area contributed by atoms with Crippen molar-refractivity contribution in [3.8, 4) is 11.5 Å². The average molecular weight is 628 g/mol. The average Bonchev–Trinajstić information content (AvgIpc) is 2.86. The summed E-state index contributed by atoms with van der Waals surface area (Å²) in [6.07, 6.45) is -2.59. The maximum absolute atomic E-state index is 13.1. The highest BCUT2D eigenvalue weighted by Gasteiger charge is 2.32. The van der Waals surface area contributed by atoms with E-state index in [0.717, 1.165) is 29.5 Å². The molecule has 1 amide bonds. The Balaban J connectivity index is 1.70. The first-order chi connectivity index (χ1) is 18.3. The Hall–Kier alpha value is -3.58. The first-order valence-corrected chi connectivity index (χ1v) is 13.9. The van der Waals surface area contributed by atoms with Crippen LogP contribution in [0.2, 0.25) is 0 Å². The van der Waals surface area contributed by atoms with Crippen molar-refractivity contribution in [2.24, 2.45) is 5.10 Å². The number of rotatable bonds is 10. The smallest absolute Gasteiger partial charge is 0.416 e. The van der Waals surface area contributed by atoms with E-state index in [4.69, 9.17) is 9.47 Å². The number of hydrazone groups is 1. The number of benzene rings is 3. The largest absolute Gasteiger partial charge is 0.493 e. The second kappa shape index (κ2) is 12.5. The number of hydrogen-bond donors (Lipinski definition) is 1. The molecule has 0 unspecified atom stereocenters. The first-order valence-electron chi connectivity index (χ1n) is 11.3. The number of aryl methyl sites for hydroxylation is 1. The summed E-state index contributed by atoms with van der Waals surface area (Å²) >= 11 is 3.44. The van der Waals surface area contributed by atoms with Gasteiger partial charge >= 0.3 is 6.18 Å². The number of methoxy groups -OCH3 is 1. The Bertz CT molecular complexity index is 1460. The molecule has 0 heterocycles. The van der Waals surface area contributed by atoms with Crippen LogP contribution in [0.4, 0.5) is 18.9 Å². The summed E-state index contributed by atoms with van der Waals surface area (Å²) in [5, 5.41) is 3.83. The molecule has 13 heteroatoms. The summed E-state index contributed by atoms with van der Waals surface area (Å²) < 4.78 is 76.1. The van der Waals surface area contributed by atoms with Crippen molar-refractivity contribution in [3.63, 3.8) is 0 Å². The molecule has 3 aromatic rings. The number of nitrogens with zero attached hydrogens (tertiary/aromatic N) is 2. The lowest BCUT2D eigenvalue weighted by Gasteiger charge is -2.22. The number of amides is 1. The molecule has 0 saturated carbocycles. The van der Waals surface area contributed by atoms with E-state index in [1.165, 1.54) is 19.4 Å². The minimum atomic E-state index is -4.68. The maximum Gasteiger partial charge on any atom is 0.416 e. The van der Waals surface area contributed by atoms with Crippen molar-refractivity contribution >= 4 is 43.8 Å². The van der Waals surface area contributed by atoms with E-state index in [-0.39, 0.29) is 5.69 Å². The number of nitrogens with one attached hydrogen (secondary N) is 1. The SMILES string of the molecule is COc1cc(/C=N/NC(=O)CN(c2cccc(C(F)(F)F)c2)S(C)(=O)=O)cc(Br)c1OCc1ccc(C)cc1. The topological polar surface area (TPSA) is 97.3 Å². The van der Waals surface area contributed by atoms with Crippen LogP contribution in [0, 0.1) is 6.92 Å². The highest BCUT2D eigenvalue weighted by molar-refractivity contribution is 9.10. The number of alkyl halides is 3. The van der Waals surface area contributed by atoms with Gasteiger partial charge in [-0.2, -0.15) is 18.3 Å². The lowest BCUT2D eigenvalue weighted by atomic mass is 10.2. The van der Waals surface area contributed by atoms with Gasteiger partial charge in [-0.1, -0.05) is 35.9 Å². The quantitative estimate of drug-likeness (QED) is 0.244. The standard InChI is InChI=1S/C26H25BrF3N3O5S/c1-17-7-9-18(10-8-17)16-38-25-22(27)11-19(12-23(25)37-2)14-31-32-24(34)15-33(39(3,35)36)21-6-4-5-20(13-21)26(28,29)30/h4-14H,15-16H2,1-3H3,(H,32,34)/b31-14+. The minimum absolute atomic E-state index is 0.304. The zero-order valence-corrected chi connectivity index (χ0v) is 23.5. The molecule has 8 nitrogen and oxygen atoms in total. The molecule has 39 heavy (non-hydrogen) atoms. The third kappa shape index (κ3) is 8.45. The van der Waals surface area contributed by atoms with Crippen molar-refractivity contribution in [2.75, 3.05) is 24.2 Å². The van der Waals surface area contributed by atoms with Crippen LogP contribution in [0.1, 0.15) is 22.3 Å². The molecule has 3 aromatic carbocycles. The molecule has 1 N–H and O–H groups in total. The third-order valence-electron chi connectivity index (χ3n) is 5.31. The number of sulfonamides is 1. The number of hydrogen-bond acceptors (Lipinski definition) is 6. The molecule has 0 aliphatic carbocycles. The van der Waals surface area contributed by atoms with Crippen molar-refractivity contribution in [1.82, 2.24) is 5.43 Å². The Morgan fingerprint density at radius 2 is 1.82 bits per heavy atom. The van der Waals surface area contributed by atoms with Crippen LogP contribution in [0.25, 0.3) is 0 Å². The first kappa shape index (κ1) is 30.0. The highest BCUT2D eigenvalue weighted by Crippen LogP contribution is 2.37. The molecule has 0 spiro atoms. The fraction of sp³-hybridized carbons (Fsp3) is 0.231. The lowest BCUT2D eigenvalue weighted by molar-refractivity contribution is -0.137. The summed E-state index contributed by atoms with van der Waals surface area (Å²) in [7, 11) is -2.61. The van der Waals surface area contributed by atoms with Crippen molar-refractivity contribution in [2.45, 2.75) is 19.7 Å². The molecule has 0 aromatic heterocycles. The van der Waals surface area contributed by atoms with Crippen LogP contribution < -0.4 is 19.2 Å². The molecule has 0 aliphatic heterocycles. The predicted molar refractivity (Wildman–Crippen MR) is 146 cm³/mol. The molecule has 0 aliphatic rings. The molecule has 0 fully saturated rings. The third-order valence-corrected chi connectivity index (χ3v) is 7.04. The second-order valence-corrected chi connectivity index (χ2v) is 11.2. The van der Waals surface area contributed by atoms with E-state index >= 15 is 0 Å². The van der Waals surface area contributed by atoms with Crippen LogP contribution in [-0.4, -0.2) is 40.4 Å². The monoisotopic (exact) mass is 627 g/mol. The zero-order chi connectivity index (χ0) is 28.8. The summed E-state index contributed by atoms with van der Waals surface area (Å²) in [5.74, 6) is -0.000582. The number of carbonyl (C=O) groups is 1. The number of anilines is 1. The van der Waals surface area contributed by atoms with Crippen LogP contribution in [0.3, 0.4) is 0 Å². The van der Waals surface area contributed by atoms with Gasteiger partial charge in [0.05, 0.1) is 35.3 Å². The van der Waals surface area contributed by atoms with Crippen LogP contribution >= 0.6 is 15.9 Å². The van der Waals surface area contributed by atoms with E-state index in [0.29, 0.717) is 38.5 Å². The second-order valence-electron chi connectivity index (χ2n) is 8.42. The van der Waals surface area contributed by atoms with E-state index in [9.17, 15) is 26.4 Å². The summed E-state index contributed by atoms with van der Waals surface area (Å²) in [6, 6.07) is 14.9. The molecule has 0 radical (unpaired) electrons. The van der Waals surface area contributed by atoms with Gasteiger partial charge in [0.25, 0.3) is 5.91 Å². The van der Waals surface area contributed by atoms with E-state index in [2.05, 4.69) is 26.5 Å². The zero-order valence-electron chi connectivity index (χ0n) is 21.1. The Morgan fingerprint density at radius 1 is 1.13 bits per heavy atom. The Labute approximate surface area is 232 Å². The molecule has 3 rings (SSSR count). The van der Waals surface area contributed by atoms with E-state index in [1.54, 1.807) is 12.1 Å². The lowest BCUT2D eigenvalue weighted by Crippen LogP contribution is -2.39. The molecule has 208 valence electrons. The van der Waals surface area contributed by atoms with E-state index in [1.807, 2.05) is 31.2 Å². The normalized spacial score (nSPS) is 11.9. The highest BCUT2D eigenvalue weighted by atomic mass is 79.9. The van der Waals surface area contributed by atoms with Crippen LogP contribution in [0.5, 0.6) is 11.5 Å². The Kier molecular flexibility index (Phi) is 9.62. The molecular formula is C26H25BrF3N3O5S. The molecule has 0 atom stereocenters. The predicted octanol–water partition coefficient (Wildman–Crippen LogP) is 5.28. The minimum Gasteiger partial charge on any atom is -0.493 e. The van der Waals surface area contributed by atoms with Gasteiger partial charge < -0.3 is 9.47 Å². The van der Waals surface area contributed by atoms with Gasteiger partial charge in [0.1, 0.15) is 13.2 Å². The Morgan fingerprint density at radius 3 is 2.44 bits per heavy atom. The van der Waals surface area contributed by atoms with Gasteiger partial charge in [-0.15, -0.1) is 0 Å². The van der Waals surface area contributed by atoms with Crippen molar-refractivity contribution in [1.29, 1.82) is 0 Å². The van der Waals surface area contributed by atoms with Crippen molar-refractivity contribution < 1.29 is 35.9 Å². The fourth-order valence-corrected chi connectivity index (χ4v) is 4.80. The summed E-state index contributed by atoms with van der Waals surface area (Å²) in [6.45, 7) is 1.52. The van der Waals surface area contributed by atoms with Gasteiger partial charge in [-0.3, -0.25) is 9.10 Å². The molecular weight excluding hydrogens is 603 g/mol. The summed E-state index contributed by atoms with van der Waals surface area (Å²) in [4.78, 5) is 12.4. The van der Waals surface area contributed by atoms with Gasteiger partial charge in [-0.05, 0) is 64.3 Å². The summed E-state index contributed by atoms with van der Waals surface area (Å²) in [5.41, 5.74) is 3.45. The van der Waals surface area contributed by atoms with Gasteiger partial charge in [0.2, 0.25) is 10.0 Å². The number of halogens is 4. The number of carbonyl (C=O) groups excluding carboxylic acids is 1. The van der Waals surface area contributed by atoms with Crippen LogP contribution in [-0.2, 0) is 27.6 Å². The van der Waals surface area contributed by atoms with Gasteiger partial charge in [0, 0.05) is 0 Å². The van der Waals surface area contributed by atoms with Crippen molar-refractivity contribution in [3.05, 3.63) is 87.4 Å². The maximum atomic E-state index is 13.1. The molecule has 0 saturated heterocycles. The van der Waals surface area contributed by atoms with E-state index < -0.39 is 34.2 Å². The fourth-order valence-electron chi connectivity index (χ4n) is 3.38. The molecule has 0 bridgehead atoms.